The summed E-state index contributed by atoms with van der Waals surface area (Å²) in [5, 5.41) is 11.2. The van der Waals surface area contributed by atoms with Crippen molar-refractivity contribution in [2.75, 3.05) is 6.61 Å². The number of nitrogens with zero attached hydrogens (tertiary/aromatic N) is 4. The first-order chi connectivity index (χ1) is 12.2. The first-order valence-corrected chi connectivity index (χ1v) is 10.9. The number of hydrogen-bond donors (Lipinski definition) is 1. The first-order valence-electron chi connectivity index (χ1n) is 8.34. The van der Waals surface area contributed by atoms with Crippen LogP contribution in [0.15, 0.2) is 12.7 Å². The van der Waals surface area contributed by atoms with E-state index >= 15 is 0 Å². The fourth-order valence-electron chi connectivity index (χ4n) is 3.33. The van der Waals surface area contributed by atoms with E-state index in [-0.39, 0.29) is 12.7 Å². The molecule has 2 aromatic rings. The molecule has 2 fully saturated rings. The fraction of sp³-hybridized carbons (Fsp3) is 0.667. The van der Waals surface area contributed by atoms with Gasteiger partial charge in [-0.1, -0.05) is 0 Å². The predicted octanol–water partition coefficient (Wildman–Crippen LogP) is 1.85. The van der Waals surface area contributed by atoms with Gasteiger partial charge in [0.25, 0.3) is 0 Å². The Morgan fingerprint density at radius 2 is 2.19 bits per heavy atom. The minimum atomic E-state index is -2.94. The lowest BCUT2D eigenvalue weighted by molar-refractivity contribution is -0.0894. The number of rotatable bonds is 3. The van der Waals surface area contributed by atoms with E-state index in [1.165, 1.54) is 6.33 Å². The van der Waals surface area contributed by atoms with Crippen molar-refractivity contribution in [3.05, 3.63) is 18.3 Å². The van der Waals surface area contributed by atoms with Crippen LogP contribution in [0.5, 0.6) is 0 Å². The van der Waals surface area contributed by atoms with Gasteiger partial charge in [-0.2, -0.15) is 0 Å². The van der Waals surface area contributed by atoms with Crippen LogP contribution in [0.3, 0.4) is 0 Å². The van der Waals surface area contributed by atoms with Gasteiger partial charge in [0, 0.05) is 0 Å². The minimum Gasteiger partial charge on any atom is -0.383 e. The smallest absolute Gasteiger partial charge is 0.327 e. The normalized spacial score (nSPS) is 37.4. The molecule has 2 aliphatic rings. The van der Waals surface area contributed by atoms with Crippen molar-refractivity contribution in [3.8, 4) is 0 Å². The maximum Gasteiger partial charge on any atom is 0.327 e. The summed E-state index contributed by atoms with van der Waals surface area (Å²) in [5.74, 6) is 0. The Morgan fingerprint density at radius 1 is 1.42 bits per heavy atom. The van der Waals surface area contributed by atoms with Crippen LogP contribution in [-0.4, -0.2) is 55.1 Å². The monoisotopic (exact) mass is 400 g/mol. The average Bonchev–Trinajstić information content (AvgIpc) is 3.07. The quantitative estimate of drug-likeness (QED) is 0.774. The lowest BCUT2D eigenvalue weighted by Gasteiger charge is -2.37. The SMILES string of the molecule is Cc1ncnc2c1ncn2[C@@H]1O[C@@H]2COP(=S)(OC(C)C)O[C@H]2[C@@]1(C)O. The van der Waals surface area contributed by atoms with Gasteiger partial charge in [0.2, 0.25) is 0 Å². The first kappa shape index (κ1) is 18.4. The molecule has 2 saturated heterocycles. The summed E-state index contributed by atoms with van der Waals surface area (Å²) in [6.07, 6.45) is 1.01. The molecule has 2 aromatic heterocycles. The summed E-state index contributed by atoms with van der Waals surface area (Å²) in [6.45, 7) is 4.49. The van der Waals surface area contributed by atoms with Gasteiger partial charge < -0.3 is 18.9 Å². The number of aryl methyl sites for hydroxylation is 1. The number of imidazole rings is 1. The number of aliphatic hydroxyl groups is 1. The third-order valence-electron chi connectivity index (χ3n) is 4.49. The Balaban J connectivity index is 1.68. The number of fused-ring (bicyclic) bond motifs is 2. The number of hydrogen-bond acceptors (Lipinski definition) is 9. The summed E-state index contributed by atoms with van der Waals surface area (Å²) in [6, 6.07) is 0. The highest BCUT2D eigenvalue weighted by Gasteiger charge is 2.59. The summed E-state index contributed by atoms with van der Waals surface area (Å²) < 4.78 is 25.0. The molecule has 4 heterocycles. The van der Waals surface area contributed by atoms with E-state index in [0.29, 0.717) is 11.2 Å². The van der Waals surface area contributed by atoms with Crippen molar-refractivity contribution < 1.29 is 23.4 Å². The third-order valence-corrected chi connectivity index (χ3v) is 6.95. The number of aromatic nitrogens is 4. The molecule has 0 bridgehead atoms. The summed E-state index contributed by atoms with van der Waals surface area (Å²) in [7, 11) is 0. The lowest BCUT2D eigenvalue weighted by atomic mass is 9.96. The zero-order valence-electron chi connectivity index (χ0n) is 14.9. The molecule has 9 nitrogen and oxygen atoms in total. The standard InChI is InChI=1S/C15H21N4O5PS/c1-8(2)23-25(26)21-5-10-12(24-25)15(4,20)14(22-10)19-7-18-11-9(3)16-6-17-13(11)19/h6-8,10,12,14,20H,5H2,1-4H3/t10-,12-,14-,15-,25?/m1/s1. The molecule has 0 radical (unpaired) electrons. The Kier molecular flexibility index (Phi) is 4.43. The highest BCUT2D eigenvalue weighted by atomic mass is 32.5. The molecule has 142 valence electrons. The molecule has 11 heteroatoms. The van der Waals surface area contributed by atoms with Crippen LogP contribution < -0.4 is 0 Å². The predicted molar refractivity (Wildman–Crippen MR) is 95.9 cm³/mol. The molecule has 0 amide bonds. The van der Waals surface area contributed by atoms with E-state index in [2.05, 4.69) is 15.0 Å². The molecule has 26 heavy (non-hydrogen) atoms. The summed E-state index contributed by atoms with van der Waals surface area (Å²) in [5.41, 5.74) is 0.627. The Bertz CT molecular complexity index is 888. The van der Waals surface area contributed by atoms with Crippen LogP contribution in [0.25, 0.3) is 11.2 Å². The molecular weight excluding hydrogens is 379 g/mol. The van der Waals surface area contributed by atoms with Crippen LogP contribution in [0.1, 0.15) is 32.7 Å². The zero-order chi connectivity index (χ0) is 18.7. The summed E-state index contributed by atoms with van der Waals surface area (Å²) in [4.78, 5) is 12.8. The van der Waals surface area contributed by atoms with Crippen molar-refractivity contribution in [1.29, 1.82) is 0 Å². The third kappa shape index (κ3) is 2.90. The second-order valence-electron chi connectivity index (χ2n) is 6.96. The van der Waals surface area contributed by atoms with E-state index in [1.807, 2.05) is 20.8 Å². The van der Waals surface area contributed by atoms with Gasteiger partial charge in [-0.3, -0.25) is 9.09 Å². The lowest BCUT2D eigenvalue weighted by Crippen LogP contribution is -2.47. The fourth-order valence-corrected chi connectivity index (χ4v) is 5.95. The molecule has 5 atom stereocenters. The maximum absolute atomic E-state index is 11.2. The Hall–Kier alpha value is -1.00. The van der Waals surface area contributed by atoms with Crippen LogP contribution in [0, 0.1) is 6.92 Å². The molecule has 1 unspecified atom stereocenters. The van der Waals surface area contributed by atoms with Gasteiger partial charge in [0.1, 0.15) is 29.7 Å². The largest absolute Gasteiger partial charge is 0.383 e. The topological polar surface area (TPSA) is 101 Å². The van der Waals surface area contributed by atoms with Crippen molar-refractivity contribution in [2.24, 2.45) is 0 Å². The van der Waals surface area contributed by atoms with Crippen LogP contribution in [-0.2, 0) is 30.1 Å². The van der Waals surface area contributed by atoms with E-state index in [1.54, 1.807) is 17.8 Å². The highest BCUT2D eigenvalue weighted by molar-refractivity contribution is 8.07. The molecule has 1 N–H and O–H groups in total. The highest BCUT2D eigenvalue weighted by Crippen LogP contribution is 2.59. The second kappa shape index (κ2) is 6.27. The molecule has 0 saturated carbocycles. The molecule has 2 aliphatic heterocycles. The van der Waals surface area contributed by atoms with Crippen LogP contribution in [0.2, 0.25) is 0 Å². The van der Waals surface area contributed by atoms with Gasteiger partial charge >= 0.3 is 6.72 Å². The molecule has 4 rings (SSSR count). The van der Waals surface area contributed by atoms with Crippen LogP contribution >= 0.6 is 6.72 Å². The van der Waals surface area contributed by atoms with E-state index < -0.39 is 30.8 Å². The zero-order valence-corrected chi connectivity index (χ0v) is 16.6. The van der Waals surface area contributed by atoms with Gasteiger partial charge in [-0.05, 0) is 39.5 Å². The van der Waals surface area contributed by atoms with Crippen molar-refractivity contribution in [2.45, 2.75) is 57.8 Å². The van der Waals surface area contributed by atoms with E-state index in [0.717, 1.165) is 5.69 Å². The maximum atomic E-state index is 11.2. The van der Waals surface area contributed by atoms with Crippen molar-refractivity contribution >= 4 is 29.7 Å². The van der Waals surface area contributed by atoms with E-state index in [4.69, 9.17) is 30.1 Å². The van der Waals surface area contributed by atoms with Gasteiger partial charge in [-0.25, -0.2) is 15.0 Å². The Morgan fingerprint density at radius 3 is 2.92 bits per heavy atom. The van der Waals surface area contributed by atoms with Gasteiger partial charge in [0.05, 0.1) is 24.7 Å². The molecule has 0 aliphatic carbocycles. The molecule has 0 aromatic carbocycles. The number of ether oxygens (including phenoxy) is 1. The average molecular weight is 400 g/mol. The second-order valence-corrected chi connectivity index (χ2v) is 9.87. The Labute approximate surface area is 155 Å². The minimum absolute atomic E-state index is 0.141. The van der Waals surface area contributed by atoms with E-state index in [9.17, 15) is 5.11 Å². The van der Waals surface area contributed by atoms with Gasteiger partial charge in [-0.15, -0.1) is 0 Å². The van der Waals surface area contributed by atoms with Crippen molar-refractivity contribution in [1.82, 2.24) is 19.5 Å². The van der Waals surface area contributed by atoms with Crippen LogP contribution in [0.4, 0.5) is 0 Å². The van der Waals surface area contributed by atoms with Gasteiger partial charge in [0.15, 0.2) is 11.9 Å². The molecular formula is C15H21N4O5PS. The van der Waals surface area contributed by atoms with Crippen molar-refractivity contribution in [3.63, 3.8) is 0 Å². The summed E-state index contributed by atoms with van der Waals surface area (Å²) >= 11 is 5.43. The molecule has 0 spiro atoms.